The largest absolute Gasteiger partial charge is 0.481 e. The Labute approximate surface area is 128 Å². The van der Waals surface area contributed by atoms with Crippen molar-refractivity contribution in [3.8, 4) is 0 Å². The second-order valence-corrected chi connectivity index (χ2v) is 7.80. The van der Waals surface area contributed by atoms with Crippen LogP contribution in [0.1, 0.15) is 37.3 Å². The van der Waals surface area contributed by atoms with Crippen molar-refractivity contribution in [2.75, 3.05) is 6.26 Å². The number of carboxylic acids is 1. The van der Waals surface area contributed by atoms with Crippen molar-refractivity contribution in [3.05, 3.63) is 24.0 Å². The number of nitrogens with zero attached hydrogens (tertiary/aromatic N) is 2. The lowest BCUT2D eigenvalue weighted by molar-refractivity contribution is -0.137. The average Bonchev–Trinajstić information content (AvgIpc) is 2.82. The molecule has 3 heterocycles. The molecule has 3 rings (SSSR count). The van der Waals surface area contributed by atoms with Gasteiger partial charge in [0.1, 0.15) is 5.65 Å². The zero-order valence-corrected chi connectivity index (χ0v) is 13.1. The molecule has 0 radical (unpaired) electrons. The molecule has 0 amide bonds. The molecule has 22 heavy (non-hydrogen) atoms. The second-order valence-electron chi connectivity index (χ2n) is 5.81. The first-order valence-corrected chi connectivity index (χ1v) is 9.17. The molecule has 1 N–H and O–H groups in total. The summed E-state index contributed by atoms with van der Waals surface area (Å²) < 4.78 is 25.9. The van der Waals surface area contributed by atoms with E-state index < -0.39 is 15.8 Å². The third kappa shape index (κ3) is 2.61. The quantitative estimate of drug-likeness (QED) is 0.932. The van der Waals surface area contributed by atoms with E-state index in [1.165, 1.54) is 18.5 Å². The number of aliphatic carboxylic acids is 1. The summed E-state index contributed by atoms with van der Waals surface area (Å²) in [6.45, 7) is 0.794. The normalized spacial score (nSPS) is 18.3. The van der Waals surface area contributed by atoms with Crippen LogP contribution in [0.25, 0.3) is 11.0 Å². The first-order chi connectivity index (χ1) is 10.4. The Bertz CT molecular complexity index is 839. The molecule has 1 aliphatic rings. The van der Waals surface area contributed by atoms with Gasteiger partial charge in [0.25, 0.3) is 0 Å². The van der Waals surface area contributed by atoms with E-state index in [1.54, 1.807) is 0 Å². The fraction of sp³-hybridized carbons (Fsp3) is 0.467. The maximum atomic E-state index is 11.9. The first kappa shape index (κ1) is 15.0. The van der Waals surface area contributed by atoms with Gasteiger partial charge < -0.3 is 9.67 Å². The van der Waals surface area contributed by atoms with E-state index in [9.17, 15) is 13.2 Å². The Hall–Kier alpha value is -1.89. The highest BCUT2D eigenvalue weighted by Gasteiger charge is 2.26. The van der Waals surface area contributed by atoms with Crippen molar-refractivity contribution in [3.63, 3.8) is 0 Å². The molecule has 0 fully saturated rings. The third-order valence-corrected chi connectivity index (χ3v) is 5.40. The van der Waals surface area contributed by atoms with Crippen LogP contribution in [0.3, 0.4) is 0 Å². The molecular weight excluding hydrogens is 304 g/mol. The summed E-state index contributed by atoms with van der Waals surface area (Å²) in [5.41, 5.74) is 1.68. The van der Waals surface area contributed by atoms with Gasteiger partial charge in [-0.15, -0.1) is 0 Å². The number of hydrogen-bond acceptors (Lipinski definition) is 4. The number of fused-ring (bicyclic) bond motifs is 3. The molecule has 2 aromatic rings. The Kier molecular flexibility index (Phi) is 3.68. The summed E-state index contributed by atoms with van der Waals surface area (Å²) >= 11 is 0. The fourth-order valence-electron chi connectivity index (χ4n) is 3.27. The SMILES string of the molecule is CS(=O)(=O)c1ccnc2c1cc1n2CCCC1CCC(=O)O. The van der Waals surface area contributed by atoms with E-state index in [0.717, 1.165) is 25.1 Å². The van der Waals surface area contributed by atoms with Crippen LogP contribution in [0.2, 0.25) is 0 Å². The number of carboxylic acid groups (broad SMARTS) is 1. The molecule has 118 valence electrons. The van der Waals surface area contributed by atoms with Crippen molar-refractivity contribution >= 4 is 26.8 Å². The summed E-state index contributed by atoms with van der Waals surface area (Å²) in [6.07, 6.45) is 5.29. The van der Waals surface area contributed by atoms with Crippen molar-refractivity contribution in [1.29, 1.82) is 0 Å². The lowest BCUT2D eigenvalue weighted by atomic mass is 9.91. The van der Waals surface area contributed by atoms with Gasteiger partial charge in [-0.2, -0.15) is 0 Å². The molecule has 0 saturated heterocycles. The van der Waals surface area contributed by atoms with Crippen LogP contribution >= 0.6 is 0 Å². The molecule has 1 unspecified atom stereocenters. The monoisotopic (exact) mass is 322 g/mol. The van der Waals surface area contributed by atoms with Gasteiger partial charge in [0.2, 0.25) is 0 Å². The zero-order valence-electron chi connectivity index (χ0n) is 12.3. The highest BCUT2D eigenvalue weighted by atomic mass is 32.2. The van der Waals surface area contributed by atoms with Crippen LogP contribution in [-0.2, 0) is 21.2 Å². The predicted molar refractivity (Wildman–Crippen MR) is 81.7 cm³/mol. The van der Waals surface area contributed by atoms with E-state index >= 15 is 0 Å². The van der Waals surface area contributed by atoms with Gasteiger partial charge in [0, 0.05) is 36.5 Å². The number of aromatic nitrogens is 2. The average molecular weight is 322 g/mol. The minimum absolute atomic E-state index is 0.124. The van der Waals surface area contributed by atoms with Crippen LogP contribution in [0.15, 0.2) is 23.2 Å². The van der Waals surface area contributed by atoms with Gasteiger partial charge in [0.05, 0.1) is 4.90 Å². The molecule has 2 aromatic heterocycles. The molecule has 6 nitrogen and oxygen atoms in total. The minimum Gasteiger partial charge on any atom is -0.481 e. The third-order valence-electron chi connectivity index (χ3n) is 4.25. The topological polar surface area (TPSA) is 89.3 Å². The highest BCUT2D eigenvalue weighted by molar-refractivity contribution is 7.91. The van der Waals surface area contributed by atoms with E-state index in [2.05, 4.69) is 4.98 Å². The van der Waals surface area contributed by atoms with Crippen LogP contribution in [0.4, 0.5) is 0 Å². The second kappa shape index (κ2) is 5.39. The molecule has 1 aliphatic heterocycles. The number of pyridine rings is 1. The van der Waals surface area contributed by atoms with Gasteiger partial charge in [-0.25, -0.2) is 13.4 Å². The summed E-state index contributed by atoms with van der Waals surface area (Å²) in [4.78, 5) is 15.4. The van der Waals surface area contributed by atoms with Crippen LogP contribution in [0.5, 0.6) is 0 Å². The van der Waals surface area contributed by atoms with Gasteiger partial charge in [-0.3, -0.25) is 4.79 Å². The molecule has 0 spiro atoms. The van der Waals surface area contributed by atoms with Gasteiger partial charge >= 0.3 is 5.97 Å². The minimum atomic E-state index is -3.32. The van der Waals surface area contributed by atoms with Crippen molar-refractivity contribution in [2.45, 2.75) is 43.0 Å². The maximum absolute atomic E-state index is 11.9. The molecule has 0 bridgehead atoms. The number of aryl methyl sites for hydroxylation is 1. The summed E-state index contributed by atoms with van der Waals surface area (Å²) in [7, 11) is -3.32. The Morgan fingerprint density at radius 1 is 1.50 bits per heavy atom. The molecular formula is C15H18N2O4S. The van der Waals surface area contributed by atoms with Crippen molar-refractivity contribution < 1.29 is 18.3 Å². The van der Waals surface area contributed by atoms with Gasteiger partial charge in [0.15, 0.2) is 9.84 Å². The molecule has 0 aromatic carbocycles. The van der Waals surface area contributed by atoms with Crippen LogP contribution in [-0.4, -0.2) is 35.3 Å². The van der Waals surface area contributed by atoms with E-state index in [1.807, 2.05) is 10.6 Å². The Balaban J connectivity index is 2.12. The Morgan fingerprint density at radius 3 is 2.95 bits per heavy atom. The van der Waals surface area contributed by atoms with Crippen LogP contribution in [0, 0.1) is 0 Å². The first-order valence-electron chi connectivity index (χ1n) is 7.28. The fourth-order valence-corrected chi connectivity index (χ4v) is 4.13. The molecule has 0 aliphatic carbocycles. The predicted octanol–water partition coefficient (Wildman–Crippen LogP) is 2.18. The number of carbonyl (C=O) groups is 1. The van der Waals surface area contributed by atoms with E-state index in [-0.39, 0.29) is 17.2 Å². The molecule has 7 heteroatoms. The lowest BCUT2D eigenvalue weighted by Crippen LogP contribution is -2.16. The number of sulfone groups is 1. The summed E-state index contributed by atoms with van der Waals surface area (Å²) in [6, 6.07) is 3.40. The lowest BCUT2D eigenvalue weighted by Gasteiger charge is -2.24. The maximum Gasteiger partial charge on any atom is 0.303 e. The Morgan fingerprint density at radius 2 is 2.27 bits per heavy atom. The van der Waals surface area contributed by atoms with Crippen molar-refractivity contribution in [1.82, 2.24) is 9.55 Å². The molecule has 0 saturated carbocycles. The number of rotatable bonds is 4. The molecule has 1 atom stereocenters. The summed E-state index contributed by atoms with van der Waals surface area (Å²) in [5, 5.41) is 9.53. The van der Waals surface area contributed by atoms with Gasteiger partial charge in [-0.1, -0.05) is 0 Å². The van der Waals surface area contributed by atoms with Crippen LogP contribution < -0.4 is 0 Å². The standard InChI is InChI=1S/C15H18N2O4S/c1-22(20,21)13-6-7-16-15-11(13)9-12-10(4-5-14(18)19)3-2-8-17(12)15/h6-7,9-10H,2-5,8H2,1H3,(H,18,19). The zero-order chi connectivity index (χ0) is 15.9. The van der Waals surface area contributed by atoms with Crippen molar-refractivity contribution in [2.24, 2.45) is 0 Å². The highest BCUT2D eigenvalue weighted by Crippen LogP contribution is 2.36. The van der Waals surface area contributed by atoms with E-state index in [0.29, 0.717) is 17.5 Å². The smallest absolute Gasteiger partial charge is 0.303 e. The van der Waals surface area contributed by atoms with Gasteiger partial charge in [-0.05, 0) is 37.3 Å². The number of hydrogen-bond donors (Lipinski definition) is 1. The summed E-state index contributed by atoms with van der Waals surface area (Å²) in [5.74, 6) is -0.658. The van der Waals surface area contributed by atoms with E-state index in [4.69, 9.17) is 5.11 Å².